The number of rotatable bonds is 1. The van der Waals surface area contributed by atoms with Crippen LogP contribution >= 0.6 is 12.2 Å². The predicted octanol–water partition coefficient (Wildman–Crippen LogP) is 3.72. The lowest BCUT2D eigenvalue weighted by molar-refractivity contribution is 0.00647. The van der Waals surface area contributed by atoms with Gasteiger partial charge in [0.05, 0.1) is 11.6 Å². The van der Waals surface area contributed by atoms with E-state index in [4.69, 9.17) is 17.0 Å². The number of ether oxygens (including phenoxy) is 1. The second-order valence-electron chi connectivity index (χ2n) is 4.94. The fraction of sp³-hybridized carbons (Fsp3) is 0.462. The number of aromatic nitrogens is 2. The smallest absolute Gasteiger partial charge is 0.178 e. The Bertz CT molecular complexity index is 679. The summed E-state index contributed by atoms with van der Waals surface area (Å²) >= 11 is 5.25. The van der Waals surface area contributed by atoms with Crippen LogP contribution in [0.3, 0.4) is 0 Å². The first-order valence-corrected chi connectivity index (χ1v) is 6.68. The van der Waals surface area contributed by atoms with Crippen LogP contribution in [0.15, 0.2) is 12.1 Å². The molecule has 0 bridgehead atoms. The third-order valence-electron chi connectivity index (χ3n) is 3.57. The molecular weight excluding hydrogens is 270 g/mol. The van der Waals surface area contributed by atoms with E-state index < -0.39 is 11.6 Å². The van der Waals surface area contributed by atoms with E-state index in [9.17, 15) is 8.78 Å². The minimum absolute atomic E-state index is 0.117. The van der Waals surface area contributed by atoms with Gasteiger partial charge in [0.2, 0.25) is 0 Å². The van der Waals surface area contributed by atoms with Crippen molar-refractivity contribution < 1.29 is 13.5 Å². The number of halogens is 2. The van der Waals surface area contributed by atoms with Crippen LogP contribution in [0.5, 0.6) is 0 Å². The van der Waals surface area contributed by atoms with E-state index >= 15 is 0 Å². The molecule has 2 atom stereocenters. The average Bonchev–Trinajstić information content (AvgIpc) is 2.66. The van der Waals surface area contributed by atoms with Gasteiger partial charge in [0.15, 0.2) is 10.6 Å². The van der Waals surface area contributed by atoms with Crippen LogP contribution in [0.1, 0.15) is 25.8 Å². The molecule has 19 heavy (non-hydrogen) atoms. The van der Waals surface area contributed by atoms with E-state index in [2.05, 4.69) is 4.98 Å². The minimum Gasteiger partial charge on any atom is -0.378 e. The normalized spacial score (nSPS) is 23.9. The van der Waals surface area contributed by atoms with E-state index in [1.807, 2.05) is 11.5 Å². The summed E-state index contributed by atoms with van der Waals surface area (Å²) in [6, 6.07) is 2.31. The zero-order chi connectivity index (χ0) is 13.6. The van der Waals surface area contributed by atoms with E-state index in [-0.39, 0.29) is 17.7 Å². The minimum atomic E-state index is -0.611. The van der Waals surface area contributed by atoms with Gasteiger partial charge in [-0.25, -0.2) is 8.78 Å². The zero-order valence-corrected chi connectivity index (χ0v) is 11.3. The van der Waals surface area contributed by atoms with Gasteiger partial charge in [-0.05, 0) is 38.0 Å². The quantitative estimate of drug-likeness (QED) is 0.809. The monoisotopic (exact) mass is 284 g/mol. The molecule has 0 aliphatic carbocycles. The largest absolute Gasteiger partial charge is 0.378 e. The van der Waals surface area contributed by atoms with E-state index in [1.54, 1.807) is 0 Å². The summed E-state index contributed by atoms with van der Waals surface area (Å²) in [4.78, 5) is 2.83. The summed E-state index contributed by atoms with van der Waals surface area (Å²) < 4.78 is 34.9. The second kappa shape index (κ2) is 4.68. The van der Waals surface area contributed by atoms with Crippen LogP contribution in [0.2, 0.25) is 0 Å². The van der Waals surface area contributed by atoms with E-state index in [0.29, 0.717) is 16.9 Å². The molecule has 1 aromatic heterocycles. The number of nitrogens with zero attached hydrogens (tertiary/aromatic N) is 1. The van der Waals surface area contributed by atoms with Crippen LogP contribution in [0.25, 0.3) is 11.0 Å². The van der Waals surface area contributed by atoms with Crippen LogP contribution in [-0.2, 0) is 4.74 Å². The van der Waals surface area contributed by atoms with Gasteiger partial charge in [-0.15, -0.1) is 0 Å². The fourth-order valence-electron chi connectivity index (χ4n) is 2.72. The molecule has 0 amide bonds. The van der Waals surface area contributed by atoms with Crippen molar-refractivity contribution in [1.82, 2.24) is 9.55 Å². The standard InChI is InChI=1S/C13H14F2N2OS/c1-7-4-9(2-3-18-7)17-11-6-8(14)5-10(15)12(11)16-13(17)19/h5-7,9H,2-4H2,1H3,(H,16,19). The van der Waals surface area contributed by atoms with Crippen LogP contribution in [-0.4, -0.2) is 22.3 Å². The highest BCUT2D eigenvalue weighted by Gasteiger charge is 2.24. The summed E-state index contributed by atoms with van der Waals surface area (Å²) in [5, 5.41) is 0. The van der Waals surface area contributed by atoms with Crippen molar-refractivity contribution in [2.45, 2.75) is 31.9 Å². The van der Waals surface area contributed by atoms with Crippen LogP contribution < -0.4 is 0 Å². The zero-order valence-electron chi connectivity index (χ0n) is 10.5. The number of fused-ring (bicyclic) bond motifs is 1. The van der Waals surface area contributed by atoms with Crippen molar-refractivity contribution in [3.63, 3.8) is 0 Å². The lowest BCUT2D eigenvalue weighted by atomic mass is 10.0. The van der Waals surface area contributed by atoms with Gasteiger partial charge in [0, 0.05) is 18.7 Å². The molecule has 3 nitrogen and oxygen atoms in total. The van der Waals surface area contributed by atoms with Crippen molar-refractivity contribution in [2.75, 3.05) is 6.61 Å². The highest BCUT2D eigenvalue weighted by Crippen LogP contribution is 2.30. The predicted molar refractivity (Wildman–Crippen MR) is 70.7 cm³/mol. The van der Waals surface area contributed by atoms with Gasteiger partial charge in [0.25, 0.3) is 0 Å². The molecule has 1 saturated heterocycles. The fourth-order valence-corrected chi connectivity index (χ4v) is 3.07. The summed E-state index contributed by atoms with van der Waals surface area (Å²) in [5.41, 5.74) is 0.757. The Morgan fingerprint density at radius 1 is 1.42 bits per heavy atom. The lowest BCUT2D eigenvalue weighted by Gasteiger charge is -2.28. The highest BCUT2D eigenvalue weighted by molar-refractivity contribution is 7.71. The first-order valence-electron chi connectivity index (χ1n) is 6.27. The molecule has 0 spiro atoms. The van der Waals surface area contributed by atoms with Crippen LogP contribution in [0, 0.1) is 16.4 Å². The Labute approximate surface area is 114 Å². The third kappa shape index (κ3) is 2.19. The molecule has 1 N–H and O–H groups in total. The molecule has 3 rings (SSSR count). The molecule has 0 radical (unpaired) electrons. The van der Waals surface area contributed by atoms with E-state index in [1.165, 1.54) is 6.07 Å². The molecule has 2 heterocycles. The van der Waals surface area contributed by atoms with Crippen molar-refractivity contribution in [3.05, 3.63) is 28.5 Å². The Hall–Kier alpha value is -1.27. The number of benzene rings is 1. The molecule has 2 aromatic rings. The summed E-state index contributed by atoms with van der Waals surface area (Å²) in [7, 11) is 0. The Kier molecular flexibility index (Phi) is 3.14. The van der Waals surface area contributed by atoms with Gasteiger partial charge in [-0.1, -0.05) is 0 Å². The van der Waals surface area contributed by atoms with Crippen LogP contribution in [0.4, 0.5) is 8.78 Å². The van der Waals surface area contributed by atoms with E-state index in [0.717, 1.165) is 18.9 Å². The van der Waals surface area contributed by atoms with Gasteiger partial charge in [0.1, 0.15) is 11.3 Å². The molecule has 1 aliphatic rings. The molecule has 1 fully saturated rings. The summed E-state index contributed by atoms with van der Waals surface area (Å²) in [6.45, 7) is 2.63. The number of nitrogens with one attached hydrogen (secondary N) is 1. The number of imidazole rings is 1. The molecular formula is C13H14F2N2OS. The summed E-state index contributed by atoms with van der Waals surface area (Å²) in [6.07, 6.45) is 1.72. The highest BCUT2D eigenvalue weighted by atomic mass is 32.1. The molecule has 1 aromatic carbocycles. The number of hydrogen-bond donors (Lipinski definition) is 1. The average molecular weight is 284 g/mol. The van der Waals surface area contributed by atoms with Gasteiger partial charge < -0.3 is 14.3 Å². The SMILES string of the molecule is CC1CC(n2c(=S)[nH]c3c(F)cc(F)cc32)CCO1. The molecule has 6 heteroatoms. The number of H-pyrrole nitrogens is 1. The third-order valence-corrected chi connectivity index (χ3v) is 3.87. The Morgan fingerprint density at radius 3 is 2.95 bits per heavy atom. The second-order valence-corrected chi connectivity index (χ2v) is 5.33. The maximum atomic E-state index is 13.7. The van der Waals surface area contributed by atoms with Crippen molar-refractivity contribution in [3.8, 4) is 0 Å². The number of hydrogen-bond acceptors (Lipinski definition) is 2. The molecule has 1 aliphatic heterocycles. The first kappa shape index (κ1) is 12.7. The van der Waals surface area contributed by atoms with Gasteiger partial charge in [-0.2, -0.15) is 0 Å². The van der Waals surface area contributed by atoms with Crippen molar-refractivity contribution >= 4 is 23.3 Å². The lowest BCUT2D eigenvalue weighted by Crippen LogP contribution is -2.25. The maximum Gasteiger partial charge on any atom is 0.178 e. The molecule has 0 saturated carbocycles. The van der Waals surface area contributed by atoms with Crippen molar-refractivity contribution in [1.29, 1.82) is 0 Å². The van der Waals surface area contributed by atoms with Crippen molar-refractivity contribution in [2.24, 2.45) is 0 Å². The summed E-state index contributed by atoms with van der Waals surface area (Å²) in [5.74, 6) is -1.20. The topological polar surface area (TPSA) is 29.9 Å². The number of aromatic amines is 1. The van der Waals surface area contributed by atoms with Gasteiger partial charge in [-0.3, -0.25) is 0 Å². The molecule has 2 unspecified atom stereocenters. The Morgan fingerprint density at radius 2 is 2.21 bits per heavy atom. The maximum absolute atomic E-state index is 13.7. The molecule has 102 valence electrons. The Balaban J connectivity index is 2.17. The van der Waals surface area contributed by atoms with Gasteiger partial charge >= 0.3 is 0 Å². The first-order chi connectivity index (χ1) is 9.06.